The van der Waals surface area contributed by atoms with Crippen LogP contribution in [0.15, 0.2) is 24.4 Å². The average Bonchev–Trinajstić information content (AvgIpc) is 2.14. The van der Waals surface area contributed by atoms with Gasteiger partial charge in [-0.3, -0.25) is 4.98 Å². The standard InChI is InChI=1S/C10H14N2OSi/c1-14(2,3)13-10(8-11)9-6-4-5-7-12-9/h4-7,10H,1-3H3/t10-/m0/s1. The number of nitriles is 1. The lowest BCUT2D eigenvalue weighted by Crippen LogP contribution is -2.27. The fourth-order valence-electron chi connectivity index (χ4n) is 1.04. The molecule has 0 N–H and O–H groups in total. The Balaban J connectivity index is 2.80. The van der Waals surface area contributed by atoms with Gasteiger partial charge in [0.05, 0.1) is 11.8 Å². The van der Waals surface area contributed by atoms with Gasteiger partial charge in [-0.2, -0.15) is 5.26 Å². The number of hydrogen-bond acceptors (Lipinski definition) is 3. The predicted molar refractivity (Wildman–Crippen MR) is 57.0 cm³/mol. The molecule has 3 nitrogen and oxygen atoms in total. The van der Waals surface area contributed by atoms with E-state index >= 15 is 0 Å². The first kappa shape index (κ1) is 10.9. The van der Waals surface area contributed by atoms with Gasteiger partial charge in [0.15, 0.2) is 14.4 Å². The van der Waals surface area contributed by atoms with E-state index in [9.17, 15) is 0 Å². The van der Waals surface area contributed by atoms with Crippen molar-refractivity contribution >= 4 is 8.32 Å². The van der Waals surface area contributed by atoms with Crippen LogP contribution in [-0.2, 0) is 4.43 Å². The molecule has 1 atom stereocenters. The molecule has 0 amide bonds. The van der Waals surface area contributed by atoms with E-state index in [2.05, 4.69) is 30.7 Å². The smallest absolute Gasteiger partial charge is 0.186 e. The summed E-state index contributed by atoms with van der Waals surface area (Å²) >= 11 is 0. The molecule has 0 radical (unpaired) electrons. The van der Waals surface area contributed by atoms with Crippen LogP contribution in [0.4, 0.5) is 0 Å². The summed E-state index contributed by atoms with van der Waals surface area (Å²) < 4.78 is 5.69. The highest BCUT2D eigenvalue weighted by Crippen LogP contribution is 2.19. The molecule has 1 aromatic rings. The van der Waals surface area contributed by atoms with Crippen molar-refractivity contribution in [3.8, 4) is 6.07 Å². The van der Waals surface area contributed by atoms with Gasteiger partial charge in [0.25, 0.3) is 0 Å². The zero-order chi connectivity index (χ0) is 10.6. The number of nitrogens with zero attached hydrogens (tertiary/aromatic N) is 2. The maximum atomic E-state index is 8.95. The normalized spacial score (nSPS) is 13.3. The summed E-state index contributed by atoms with van der Waals surface area (Å²) in [4.78, 5) is 4.11. The first-order chi connectivity index (χ1) is 6.53. The molecule has 0 aliphatic heterocycles. The first-order valence-corrected chi connectivity index (χ1v) is 7.92. The van der Waals surface area contributed by atoms with E-state index < -0.39 is 14.4 Å². The highest BCUT2D eigenvalue weighted by Gasteiger charge is 2.22. The lowest BCUT2D eigenvalue weighted by molar-refractivity contribution is 0.250. The fraction of sp³-hybridized carbons (Fsp3) is 0.400. The van der Waals surface area contributed by atoms with Gasteiger partial charge >= 0.3 is 0 Å². The zero-order valence-electron chi connectivity index (χ0n) is 8.69. The molecule has 1 rings (SSSR count). The van der Waals surface area contributed by atoms with Crippen LogP contribution >= 0.6 is 0 Å². The Labute approximate surface area is 85.5 Å². The molecule has 14 heavy (non-hydrogen) atoms. The van der Waals surface area contributed by atoms with Crippen molar-refractivity contribution in [1.82, 2.24) is 4.98 Å². The Morgan fingerprint density at radius 1 is 1.43 bits per heavy atom. The molecular formula is C10H14N2OSi. The summed E-state index contributed by atoms with van der Waals surface area (Å²) in [5, 5.41) is 8.95. The van der Waals surface area contributed by atoms with E-state index in [-0.39, 0.29) is 0 Å². The summed E-state index contributed by atoms with van der Waals surface area (Å²) in [7, 11) is -1.69. The van der Waals surface area contributed by atoms with Gasteiger partial charge in [-0.25, -0.2) is 0 Å². The Bertz CT molecular complexity index is 326. The van der Waals surface area contributed by atoms with E-state index in [1.54, 1.807) is 6.20 Å². The van der Waals surface area contributed by atoms with E-state index in [0.29, 0.717) is 5.69 Å². The van der Waals surface area contributed by atoms with Crippen molar-refractivity contribution in [1.29, 1.82) is 5.26 Å². The molecule has 0 fully saturated rings. The van der Waals surface area contributed by atoms with Gasteiger partial charge < -0.3 is 4.43 Å². The van der Waals surface area contributed by atoms with Crippen molar-refractivity contribution in [2.24, 2.45) is 0 Å². The maximum Gasteiger partial charge on any atom is 0.186 e. The largest absolute Gasteiger partial charge is 0.398 e. The second-order valence-corrected chi connectivity index (χ2v) is 8.45. The summed E-state index contributed by atoms with van der Waals surface area (Å²) in [5.41, 5.74) is 0.692. The molecule has 1 aromatic heterocycles. The molecule has 0 bridgehead atoms. The van der Waals surface area contributed by atoms with Crippen LogP contribution in [0, 0.1) is 11.3 Å². The van der Waals surface area contributed by atoms with Crippen LogP contribution in [0.1, 0.15) is 11.8 Å². The second kappa shape index (κ2) is 4.36. The lowest BCUT2D eigenvalue weighted by Gasteiger charge is -2.20. The monoisotopic (exact) mass is 206 g/mol. The highest BCUT2D eigenvalue weighted by molar-refractivity contribution is 6.69. The van der Waals surface area contributed by atoms with Crippen molar-refractivity contribution in [3.63, 3.8) is 0 Å². The van der Waals surface area contributed by atoms with Crippen molar-refractivity contribution in [2.75, 3.05) is 0 Å². The van der Waals surface area contributed by atoms with Crippen molar-refractivity contribution < 1.29 is 4.43 Å². The SMILES string of the molecule is C[Si](C)(C)O[C@@H](C#N)c1ccccn1. The molecule has 4 heteroatoms. The summed E-state index contributed by atoms with van der Waals surface area (Å²) in [6, 6.07) is 7.63. The third-order valence-corrected chi connectivity index (χ3v) is 2.49. The van der Waals surface area contributed by atoms with Gasteiger partial charge in [-0.15, -0.1) is 0 Å². The van der Waals surface area contributed by atoms with E-state index in [1.807, 2.05) is 18.2 Å². The van der Waals surface area contributed by atoms with Gasteiger partial charge in [0.2, 0.25) is 0 Å². The maximum absolute atomic E-state index is 8.95. The summed E-state index contributed by atoms with van der Waals surface area (Å²) in [5.74, 6) is 0. The van der Waals surface area contributed by atoms with E-state index in [4.69, 9.17) is 9.69 Å². The third kappa shape index (κ3) is 3.28. The van der Waals surface area contributed by atoms with E-state index in [1.165, 1.54) is 0 Å². The Kier molecular flexibility index (Phi) is 3.39. The lowest BCUT2D eigenvalue weighted by atomic mass is 10.2. The minimum atomic E-state index is -1.69. The third-order valence-electron chi connectivity index (χ3n) is 1.55. The van der Waals surface area contributed by atoms with Gasteiger partial charge in [-0.1, -0.05) is 6.07 Å². The quantitative estimate of drug-likeness (QED) is 0.714. The number of aromatic nitrogens is 1. The summed E-state index contributed by atoms with van der Waals surface area (Å²) in [6.45, 7) is 6.17. The van der Waals surface area contributed by atoms with Crippen molar-refractivity contribution in [2.45, 2.75) is 25.7 Å². The molecule has 1 heterocycles. The fourth-order valence-corrected chi connectivity index (χ4v) is 1.92. The van der Waals surface area contributed by atoms with Crippen LogP contribution in [0.25, 0.3) is 0 Å². The molecular weight excluding hydrogens is 192 g/mol. The predicted octanol–water partition coefficient (Wildman–Crippen LogP) is 2.50. The molecule has 0 saturated carbocycles. The Hall–Kier alpha value is -1.18. The molecule has 0 unspecified atom stereocenters. The number of pyridine rings is 1. The molecule has 0 aromatic carbocycles. The topological polar surface area (TPSA) is 45.9 Å². The minimum Gasteiger partial charge on any atom is -0.398 e. The molecule has 0 aliphatic carbocycles. The highest BCUT2D eigenvalue weighted by atomic mass is 28.4. The van der Waals surface area contributed by atoms with E-state index in [0.717, 1.165) is 0 Å². The molecule has 0 spiro atoms. The Morgan fingerprint density at radius 3 is 2.57 bits per heavy atom. The average molecular weight is 206 g/mol. The zero-order valence-corrected chi connectivity index (χ0v) is 9.69. The van der Waals surface area contributed by atoms with Crippen LogP contribution in [-0.4, -0.2) is 13.3 Å². The first-order valence-electron chi connectivity index (χ1n) is 4.51. The minimum absolute atomic E-state index is 0.525. The number of rotatable bonds is 3. The van der Waals surface area contributed by atoms with Crippen LogP contribution in [0.2, 0.25) is 19.6 Å². The number of hydrogen-bond donors (Lipinski definition) is 0. The van der Waals surface area contributed by atoms with Gasteiger partial charge in [0, 0.05) is 6.20 Å². The van der Waals surface area contributed by atoms with Gasteiger partial charge in [0.1, 0.15) is 0 Å². The summed E-state index contributed by atoms with van der Waals surface area (Å²) in [6.07, 6.45) is 1.15. The molecule has 0 saturated heterocycles. The van der Waals surface area contributed by atoms with Gasteiger partial charge in [-0.05, 0) is 31.8 Å². The van der Waals surface area contributed by atoms with Crippen LogP contribution < -0.4 is 0 Å². The van der Waals surface area contributed by atoms with Crippen molar-refractivity contribution in [3.05, 3.63) is 30.1 Å². The molecule has 74 valence electrons. The van der Waals surface area contributed by atoms with Crippen LogP contribution in [0.5, 0.6) is 0 Å². The van der Waals surface area contributed by atoms with Crippen LogP contribution in [0.3, 0.4) is 0 Å². The molecule has 0 aliphatic rings. The second-order valence-electron chi connectivity index (χ2n) is 3.99. The Morgan fingerprint density at radius 2 is 2.14 bits per heavy atom.